The number of phenolic OH excluding ortho intramolecular Hbond substituents is 1. The minimum atomic E-state index is -0.911. The molecule has 1 aromatic carbocycles. The van der Waals surface area contributed by atoms with Gasteiger partial charge in [-0.1, -0.05) is 6.07 Å². The van der Waals surface area contributed by atoms with Gasteiger partial charge in [0.15, 0.2) is 0 Å². The zero-order valence-corrected chi connectivity index (χ0v) is 9.99. The molecule has 1 aromatic rings. The second kappa shape index (κ2) is 4.71. The number of hydrogen-bond donors (Lipinski definition) is 3. The van der Waals surface area contributed by atoms with Crippen molar-refractivity contribution in [3.05, 3.63) is 29.6 Å². The van der Waals surface area contributed by atoms with E-state index in [9.17, 15) is 19.4 Å². The van der Waals surface area contributed by atoms with E-state index >= 15 is 0 Å². The lowest BCUT2D eigenvalue weighted by Crippen LogP contribution is -2.51. The van der Waals surface area contributed by atoms with Crippen molar-refractivity contribution in [1.29, 1.82) is 0 Å². The number of aliphatic hydroxyl groups is 1. The number of amides is 1. The second-order valence-electron chi connectivity index (χ2n) is 4.49. The molecule has 4 nitrogen and oxygen atoms in total. The number of phenols is 1. The first-order valence-electron chi connectivity index (χ1n) is 5.23. The van der Waals surface area contributed by atoms with Gasteiger partial charge in [-0.3, -0.25) is 4.79 Å². The molecule has 0 saturated carbocycles. The number of aliphatic hydroxyl groups excluding tert-OH is 1. The van der Waals surface area contributed by atoms with Gasteiger partial charge >= 0.3 is 0 Å². The van der Waals surface area contributed by atoms with Crippen LogP contribution < -0.4 is 5.32 Å². The summed E-state index contributed by atoms with van der Waals surface area (Å²) >= 11 is 0. The highest BCUT2D eigenvalue weighted by Gasteiger charge is 2.28. The number of benzene rings is 1. The Morgan fingerprint density at radius 2 is 2.06 bits per heavy atom. The van der Waals surface area contributed by atoms with Crippen molar-refractivity contribution in [1.82, 2.24) is 5.32 Å². The van der Waals surface area contributed by atoms with E-state index < -0.39 is 34.7 Å². The lowest BCUT2D eigenvalue weighted by atomic mass is 9.98. The molecule has 0 spiro atoms. The first-order valence-corrected chi connectivity index (χ1v) is 5.23. The summed E-state index contributed by atoms with van der Waals surface area (Å²) in [5.41, 5.74) is -1.33. The summed E-state index contributed by atoms with van der Waals surface area (Å²) in [6, 6.07) is 3.62. The van der Waals surface area contributed by atoms with Crippen LogP contribution in [-0.2, 0) is 0 Å². The fourth-order valence-corrected chi connectivity index (χ4v) is 1.20. The van der Waals surface area contributed by atoms with Crippen molar-refractivity contribution in [3.8, 4) is 5.75 Å². The third-order valence-corrected chi connectivity index (χ3v) is 2.70. The molecule has 0 aliphatic carbocycles. The van der Waals surface area contributed by atoms with Crippen LogP contribution in [-0.4, -0.2) is 27.8 Å². The predicted molar refractivity (Wildman–Crippen MR) is 61.3 cm³/mol. The Bertz CT molecular complexity index is 410. The van der Waals surface area contributed by atoms with Gasteiger partial charge in [0, 0.05) is 0 Å². The lowest BCUT2D eigenvalue weighted by Gasteiger charge is -2.29. The van der Waals surface area contributed by atoms with E-state index in [4.69, 9.17) is 0 Å². The first-order chi connectivity index (χ1) is 7.75. The standard InChI is InChI=1S/C12H16FNO3/c1-7(15)12(2,3)14-11(17)10-8(13)5-4-6-9(10)16/h4-7,15-16H,1-3H3,(H,14,17). The molecule has 1 amide bonds. The minimum absolute atomic E-state index is 0.416. The van der Waals surface area contributed by atoms with E-state index in [0.29, 0.717) is 0 Å². The Morgan fingerprint density at radius 3 is 2.53 bits per heavy atom. The number of carbonyl (C=O) groups is 1. The van der Waals surface area contributed by atoms with Gasteiger partial charge < -0.3 is 15.5 Å². The maximum atomic E-state index is 13.4. The maximum absolute atomic E-state index is 13.4. The SMILES string of the molecule is CC(O)C(C)(C)NC(=O)c1c(O)cccc1F. The number of hydrogen-bond acceptors (Lipinski definition) is 3. The van der Waals surface area contributed by atoms with E-state index in [-0.39, 0.29) is 0 Å². The Kier molecular flexibility index (Phi) is 3.72. The number of nitrogens with one attached hydrogen (secondary N) is 1. The van der Waals surface area contributed by atoms with E-state index in [0.717, 1.165) is 6.07 Å². The van der Waals surface area contributed by atoms with E-state index in [1.807, 2.05) is 0 Å². The van der Waals surface area contributed by atoms with Gasteiger partial charge in [0.1, 0.15) is 17.1 Å². The zero-order valence-electron chi connectivity index (χ0n) is 9.99. The summed E-state index contributed by atoms with van der Waals surface area (Å²) in [7, 11) is 0. The summed E-state index contributed by atoms with van der Waals surface area (Å²) < 4.78 is 13.4. The highest BCUT2D eigenvalue weighted by atomic mass is 19.1. The molecule has 0 saturated heterocycles. The molecule has 0 aliphatic heterocycles. The highest BCUT2D eigenvalue weighted by Crippen LogP contribution is 2.21. The molecule has 5 heteroatoms. The molecule has 1 atom stereocenters. The highest BCUT2D eigenvalue weighted by molar-refractivity contribution is 5.97. The molecule has 3 N–H and O–H groups in total. The summed E-state index contributed by atoms with van der Waals surface area (Å²) in [4.78, 5) is 11.8. The normalized spacial score (nSPS) is 13.2. The monoisotopic (exact) mass is 241 g/mol. The predicted octanol–water partition coefficient (Wildman–Crippen LogP) is 1.42. The van der Waals surface area contributed by atoms with Gasteiger partial charge in [-0.05, 0) is 32.9 Å². The fraction of sp³-hybridized carbons (Fsp3) is 0.417. The van der Waals surface area contributed by atoms with Crippen molar-refractivity contribution in [2.45, 2.75) is 32.4 Å². The van der Waals surface area contributed by atoms with Crippen LogP contribution in [0.4, 0.5) is 4.39 Å². The van der Waals surface area contributed by atoms with Crippen LogP contribution in [0.1, 0.15) is 31.1 Å². The second-order valence-corrected chi connectivity index (χ2v) is 4.49. The molecule has 0 bridgehead atoms. The minimum Gasteiger partial charge on any atom is -0.507 e. The van der Waals surface area contributed by atoms with Crippen molar-refractivity contribution in [2.24, 2.45) is 0 Å². The molecule has 0 heterocycles. The number of carbonyl (C=O) groups excluding carboxylic acids is 1. The van der Waals surface area contributed by atoms with Crippen LogP contribution in [0, 0.1) is 5.82 Å². The molecule has 0 aliphatic rings. The van der Waals surface area contributed by atoms with Gasteiger partial charge in [-0.15, -0.1) is 0 Å². The van der Waals surface area contributed by atoms with Gasteiger partial charge in [0.25, 0.3) is 5.91 Å². The number of rotatable bonds is 3. The molecule has 1 rings (SSSR count). The summed E-state index contributed by atoms with van der Waals surface area (Å²) in [5.74, 6) is -1.99. The summed E-state index contributed by atoms with van der Waals surface area (Å²) in [5, 5.41) is 21.3. The molecule has 94 valence electrons. The number of aromatic hydroxyl groups is 1. The fourth-order valence-electron chi connectivity index (χ4n) is 1.20. The molecular formula is C12H16FNO3. The van der Waals surface area contributed by atoms with Crippen LogP contribution in [0.5, 0.6) is 5.75 Å². The molecule has 0 aromatic heterocycles. The van der Waals surface area contributed by atoms with Crippen LogP contribution in [0.15, 0.2) is 18.2 Å². The Balaban J connectivity index is 2.99. The van der Waals surface area contributed by atoms with Gasteiger partial charge in [0.2, 0.25) is 0 Å². The van der Waals surface area contributed by atoms with Gasteiger partial charge in [-0.2, -0.15) is 0 Å². The zero-order chi connectivity index (χ0) is 13.2. The Hall–Kier alpha value is -1.62. The Morgan fingerprint density at radius 1 is 1.47 bits per heavy atom. The summed E-state index contributed by atoms with van der Waals surface area (Å²) in [6.45, 7) is 4.72. The first kappa shape index (κ1) is 13.4. The molecule has 17 heavy (non-hydrogen) atoms. The largest absolute Gasteiger partial charge is 0.507 e. The number of halogens is 1. The van der Waals surface area contributed by atoms with E-state index in [1.54, 1.807) is 13.8 Å². The van der Waals surface area contributed by atoms with Gasteiger partial charge in [0.05, 0.1) is 11.6 Å². The average Bonchev–Trinajstić information content (AvgIpc) is 2.15. The van der Waals surface area contributed by atoms with Crippen LogP contribution >= 0.6 is 0 Å². The van der Waals surface area contributed by atoms with Crippen molar-refractivity contribution >= 4 is 5.91 Å². The van der Waals surface area contributed by atoms with Crippen LogP contribution in [0.3, 0.4) is 0 Å². The topological polar surface area (TPSA) is 69.6 Å². The van der Waals surface area contributed by atoms with Gasteiger partial charge in [-0.25, -0.2) is 4.39 Å². The van der Waals surface area contributed by atoms with Crippen LogP contribution in [0.25, 0.3) is 0 Å². The Labute approximate surface area is 99.1 Å². The summed E-state index contributed by atoms with van der Waals surface area (Å²) in [6.07, 6.45) is -0.805. The van der Waals surface area contributed by atoms with Crippen molar-refractivity contribution in [2.75, 3.05) is 0 Å². The average molecular weight is 241 g/mol. The molecule has 0 radical (unpaired) electrons. The third kappa shape index (κ3) is 2.94. The smallest absolute Gasteiger partial charge is 0.258 e. The van der Waals surface area contributed by atoms with Crippen LogP contribution in [0.2, 0.25) is 0 Å². The lowest BCUT2D eigenvalue weighted by molar-refractivity contribution is 0.0704. The van der Waals surface area contributed by atoms with E-state index in [1.165, 1.54) is 19.1 Å². The molecular weight excluding hydrogens is 225 g/mol. The van der Waals surface area contributed by atoms with Crippen molar-refractivity contribution in [3.63, 3.8) is 0 Å². The molecule has 0 fully saturated rings. The quantitative estimate of drug-likeness (QED) is 0.749. The third-order valence-electron chi connectivity index (χ3n) is 2.70. The molecule has 1 unspecified atom stereocenters. The van der Waals surface area contributed by atoms with E-state index in [2.05, 4.69) is 5.32 Å². The van der Waals surface area contributed by atoms with Crippen molar-refractivity contribution < 1.29 is 19.4 Å². The maximum Gasteiger partial charge on any atom is 0.258 e.